The number of hydrogen-bond donors (Lipinski definition) is 0. The minimum atomic E-state index is 1.33. The molecule has 0 saturated heterocycles. The fourth-order valence-electron chi connectivity index (χ4n) is 2.35. The highest BCUT2D eigenvalue weighted by molar-refractivity contribution is 7.99. The molecule has 0 saturated carbocycles. The summed E-state index contributed by atoms with van der Waals surface area (Å²) in [6.07, 6.45) is 4.27. The normalized spacial score (nSPS) is 11.2. The van der Waals surface area contributed by atoms with E-state index >= 15 is 0 Å². The Labute approximate surface area is 116 Å². The van der Waals surface area contributed by atoms with E-state index in [1.165, 1.54) is 31.3 Å². The summed E-state index contributed by atoms with van der Waals surface area (Å²) in [5.41, 5.74) is 0. The molecule has 0 aliphatic carbocycles. The fourth-order valence-corrected chi connectivity index (χ4v) is 3.57. The topological polar surface area (TPSA) is 0 Å². The summed E-state index contributed by atoms with van der Waals surface area (Å²) < 4.78 is 0. The fraction of sp³-hybridized carbons (Fsp3) is 0.125. The first-order valence-corrected chi connectivity index (χ1v) is 8.32. The Balaban J connectivity index is 2.43. The molecule has 3 aromatic rings. The lowest BCUT2D eigenvalue weighted by molar-refractivity contribution is 1.53. The van der Waals surface area contributed by atoms with Crippen LogP contribution in [-0.2, 0) is 0 Å². The van der Waals surface area contributed by atoms with Crippen molar-refractivity contribution in [3.8, 4) is 0 Å². The molecule has 0 bridgehead atoms. The number of benzene rings is 3. The quantitative estimate of drug-likeness (QED) is 0.449. The molecule has 3 aromatic carbocycles. The highest BCUT2D eigenvalue weighted by atomic mass is 32.2. The summed E-state index contributed by atoms with van der Waals surface area (Å²) in [4.78, 5) is 2.70. The molecule has 0 N–H and O–H groups in total. The summed E-state index contributed by atoms with van der Waals surface area (Å²) in [5, 5.41) is 5.37. The highest BCUT2D eigenvalue weighted by Crippen LogP contribution is 2.33. The second kappa shape index (κ2) is 4.87. The van der Waals surface area contributed by atoms with Gasteiger partial charge in [-0.15, -0.1) is 23.5 Å². The van der Waals surface area contributed by atoms with Crippen LogP contribution in [0, 0.1) is 0 Å². The molecule has 0 radical (unpaired) electrons. The van der Waals surface area contributed by atoms with Gasteiger partial charge in [0.25, 0.3) is 0 Å². The second-order valence-corrected chi connectivity index (χ2v) is 5.91. The van der Waals surface area contributed by atoms with E-state index in [0.29, 0.717) is 0 Å². The van der Waals surface area contributed by atoms with Gasteiger partial charge < -0.3 is 0 Å². The molecule has 0 fully saturated rings. The Morgan fingerprint density at radius 2 is 1.11 bits per heavy atom. The summed E-state index contributed by atoms with van der Waals surface area (Å²) in [6, 6.07) is 17.7. The van der Waals surface area contributed by atoms with Gasteiger partial charge in [-0.2, -0.15) is 0 Å². The third-order valence-electron chi connectivity index (χ3n) is 3.24. The maximum atomic E-state index is 2.32. The molecule has 90 valence electrons. The Morgan fingerprint density at radius 1 is 0.667 bits per heavy atom. The van der Waals surface area contributed by atoms with E-state index in [4.69, 9.17) is 0 Å². The summed E-state index contributed by atoms with van der Waals surface area (Å²) in [6.45, 7) is 0. The van der Waals surface area contributed by atoms with Crippen LogP contribution in [0.25, 0.3) is 21.5 Å². The summed E-state index contributed by atoms with van der Waals surface area (Å²) in [5.74, 6) is 0. The molecule has 3 rings (SSSR count). The van der Waals surface area contributed by atoms with Gasteiger partial charge in [-0.25, -0.2) is 0 Å². The van der Waals surface area contributed by atoms with Crippen molar-refractivity contribution >= 4 is 45.1 Å². The van der Waals surface area contributed by atoms with Gasteiger partial charge in [0.1, 0.15) is 0 Å². The van der Waals surface area contributed by atoms with Gasteiger partial charge in [0.15, 0.2) is 0 Å². The molecule has 2 heteroatoms. The van der Waals surface area contributed by atoms with Crippen LogP contribution in [0.4, 0.5) is 0 Å². The van der Waals surface area contributed by atoms with Crippen LogP contribution in [-0.4, -0.2) is 12.5 Å². The van der Waals surface area contributed by atoms with Crippen LogP contribution in [0.3, 0.4) is 0 Å². The van der Waals surface area contributed by atoms with Gasteiger partial charge in [-0.05, 0) is 58.3 Å². The average Bonchev–Trinajstić information content (AvgIpc) is 2.43. The van der Waals surface area contributed by atoms with Crippen molar-refractivity contribution in [3.63, 3.8) is 0 Å². The maximum Gasteiger partial charge on any atom is 0.0148 e. The van der Waals surface area contributed by atoms with Crippen LogP contribution in [0.1, 0.15) is 0 Å². The molecule has 0 amide bonds. The van der Waals surface area contributed by atoms with Crippen LogP contribution in [0.15, 0.2) is 58.3 Å². The smallest absolute Gasteiger partial charge is 0.0148 e. The number of rotatable bonds is 2. The van der Waals surface area contributed by atoms with E-state index in [9.17, 15) is 0 Å². The number of hydrogen-bond acceptors (Lipinski definition) is 2. The third kappa shape index (κ3) is 1.90. The molecule has 0 unspecified atom stereocenters. The number of thioether (sulfide) groups is 2. The Morgan fingerprint density at radius 3 is 1.50 bits per heavy atom. The molecule has 0 heterocycles. The third-order valence-corrected chi connectivity index (χ3v) is 4.83. The first-order valence-electron chi connectivity index (χ1n) is 5.87. The van der Waals surface area contributed by atoms with E-state index in [-0.39, 0.29) is 0 Å². The predicted molar refractivity (Wildman–Crippen MR) is 85.0 cm³/mol. The minimum Gasteiger partial charge on any atom is -0.129 e. The largest absolute Gasteiger partial charge is 0.129 e. The van der Waals surface area contributed by atoms with Crippen molar-refractivity contribution in [2.45, 2.75) is 9.79 Å². The molecule has 0 atom stereocenters. The predicted octanol–water partition coefficient (Wildman–Crippen LogP) is 5.44. The Hall–Kier alpha value is -1.12. The van der Waals surface area contributed by atoms with Gasteiger partial charge in [0.2, 0.25) is 0 Å². The highest BCUT2D eigenvalue weighted by Gasteiger charge is 2.04. The lowest BCUT2D eigenvalue weighted by atomic mass is 10.0. The molecule has 0 aromatic heterocycles. The van der Waals surface area contributed by atoms with Crippen LogP contribution in [0.5, 0.6) is 0 Å². The Kier molecular flexibility index (Phi) is 3.23. The van der Waals surface area contributed by atoms with E-state index in [1.54, 1.807) is 0 Å². The van der Waals surface area contributed by atoms with Crippen molar-refractivity contribution in [2.75, 3.05) is 12.5 Å². The summed E-state index contributed by atoms with van der Waals surface area (Å²) >= 11 is 3.62. The van der Waals surface area contributed by atoms with Crippen molar-refractivity contribution in [1.29, 1.82) is 0 Å². The standard InChI is InChI=1S/C16H14S2/c1-17-15-7-3-5-11-10-14-12(9-13(11)15)6-4-8-16(14)18-2/h3-10H,1-2H3. The molecule has 18 heavy (non-hydrogen) atoms. The van der Waals surface area contributed by atoms with Crippen molar-refractivity contribution < 1.29 is 0 Å². The van der Waals surface area contributed by atoms with Gasteiger partial charge in [-0.1, -0.05) is 24.3 Å². The zero-order chi connectivity index (χ0) is 12.5. The molecular formula is C16H14S2. The number of fused-ring (bicyclic) bond motifs is 2. The Bertz CT molecular complexity index is 653. The lowest BCUT2D eigenvalue weighted by Gasteiger charge is -2.08. The SMILES string of the molecule is CSc1cccc2cc3c(SC)cccc3cc12. The first-order chi connectivity index (χ1) is 8.83. The molecule has 0 aliphatic heterocycles. The van der Waals surface area contributed by atoms with Crippen LogP contribution < -0.4 is 0 Å². The van der Waals surface area contributed by atoms with Gasteiger partial charge in [-0.3, -0.25) is 0 Å². The van der Waals surface area contributed by atoms with Crippen molar-refractivity contribution in [2.24, 2.45) is 0 Å². The van der Waals surface area contributed by atoms with Gasteiger partial charge in [0.05, 0.1) is 0 Å². The van der Waals surface area contributed by atoms with Gasteiger partial charge in [0, 0.05) is 9.79 Å². The maximum absolute atomic E-state index is 2.32. The molecular weight excluding hydrogens is 256 g/mol. The molecule has 0 spiro atoms. The van der Waals surface area contributed by atoms with E-state index in [0.717, 1.165) is 0 Å². The van der Waals surface area contributed by atoms with E-state index in [1.807, 2.05) is 23.5 Å². The van der Waals surface area contributed by atoms with Crippen LogP contribution in [0.2, 0.25) is 0 Å². The van der Waals surface area contributed by atoms with Gasteiger partial charge >= 0.3 is 0 Å². The lowest BCUT2D eigenvalue weighted by Crippen LogP contribution is -1.81. The molecule has 0 aliphatic rings. The summed E-state index contributed by atoms with van der Waals surface area (Å²) in [7, 11) is 0. The zero-order valence-electron chi connectivity index (χ0n) is 10.4. The second-order valence-electron chi connectivity index (χ2n) is 4.22. The van der Waals surface area contributed by atoms with E-state index in [2.05, 4.69) is 61.0 Å². The minimum absolute atomic E-state index is 1.33. The van der Waals surface area contributed by atoms with Crippen LogP contribution >= 0.6 is 23.5 Å². The first kappa shape index (κ1) is 11.9. The monoisotopic (exact) mass is 270 g/mol. The zero-order valence-corrected chi connectivity index (χ0v) is 12.1. The van der Waals surface area contributed by atoms with E-state index < -0.39 is 0 Å². The average molecular weight is 270 g/mol. The molecule has 0 nitrogen and oxygen atoms in total. The van der Waals surface area contributed by atoms with Crippen molar-refractivity contribution in [3.05, 3.63) is 48.5 Å². The van der Waals surface area contributed by atoms with Crippen molar-refractivity contribution in [1.82, 2.24) is 0 Å².